The summed E-state index contributed by atoms with van der Waals surface area (Å²) < 4.78 is 47.1. The lowest BCUT2D eigenvalue weighted by molar-refractivity contribution is -0.120. The van der Waals surface area contributed by atoms with Gasteiger partial charge in [0.2, 0.25) is 5.91 Å². The van der Waals surface area contributed by atoms with Gasteiger partial charge in [0, 0.05) is 0 Å². The summed E-state index contributed by atoms with van der Waals surface area (Å²) >= 11 is 0. The predicted molar refractivity (Wildman–Crippen MR) is 135 cm³/mol. The van der Waals surface area contributed by atoms with Crippen LogP contribution in [0.5, 0.6) is 5.75 Å². The third-order valence-electron chi connectivity index (χ3n) is 5.37. The molecule has 35 heavy (non-hydrogen) atoms. The number of halogens is 1. The van der Waals surface area contributed by atoms with E-state index in [9.17, 15) is 17.6 Å². The normalized spacial score (nSPS) is 12.3. The number of nitrogens with one attached hydrogen (secondary N) is 1. The Hall–Kier alpha value is -3.39. The average molecular weight is 499 g/mol. The van der Waals surface area contributed by atoms with E-state index in [1.54, 1.807) is 12.1 Å². The zero-order chi connectivity index (χ0) is 25.4. The number of carbonyl (C=O) groups is 1. The molecule has 0 aliphatic carbocycles. The Bertz CT molecular complexity index is 1200. The van der Waals surface area contributed by atoms with E-state index in [0.29, 0.717) is 24.7 Å². The van der Waals surface area contributed by atoms with E-state index in [2.05, 4.69) is 19.2 Å². The Labute approximate surface area is 206 Å². The van der Waals surface area contributed by atoms with Crippen molar-refractivity contribution in [3.63, 3.8) is 0 Å². The van der Waals surface area contributed by atoms with E-state index >= 15 is 0 Å². The van der Waals surface area contributed by atoms with Gasteiger partial charge in [-0.3, -0.25) is 9.10 Å². The summed E-state index contributed by atoms with van der Waals surface area (Å²) in [5.74, 6) is -0.116. The molecule has 1 amide bonds. The van der Waals surface area contributed by atoms with E-state index in [0.717, 1.165) is 9.87 Å². The van der Waals surface area contributed by atoms with Gasteiger partial charge in [0.15, 0.2) is 0 Å². The van der Waals surface area contributed by atoms with Gasteiger partial charge in [-0.15, -0.1) is 0 Å². The molecule has 6 nitrogen and oxygen atoms in total. The molecule has 0 bridgehead atoms. The molecule has 1 N–H and O–H groups in total. The van der Waals surface area contributed by atoms with Gasteiger partial charge in [-0.1, -0.05) is 44.2 Å². The molecule has 1 atom stereocenters. The Morgan fingerprint density at radius 1 is 0.971 bits per heavy atom. The maximum Gasteiger partial charge on any atom is 0.264 e. The number of rotatable bonds is 11. The monoisotopic (exact) mass is 498 g/mol. The quantitative estimate of drug-likeness (QED) is 0.388. The van der Waals surface area contributed by atoms with Crippen molar-refractivity contribution in [3.05, 3.63) is 90.2 Å². The minimum Gasteiger partial charge on any atom is -0.494 e. The van der Waals surface area contributed by atoms with Crippen LogP contribution in [0.15, 0.2) is 83.8 Å². The molecule has 0 spiro atoms. The number of ether oxygens (including phenoxy) is 1. The highest BCUT2D eigenvalue weighted by Gasteiger charge is 2.28. The first kappa shape index (κ1) is 26.2. The fourth-order valence-corrected chi connectivity index (χ4v) is 5.15. The van der Waals surface area contributed by atoms with Crippen molar-refractivity contribution in [2.75, 3.05) is 17.5 Å². The molecule has 0 heterocycles. The van der Waals surface area contributed by atoms with Gasteiger partial charge < -0.3 is 10.1 Å². The number of anilines is 1. The van der Waals surface area contributed by atoms with Crippen molar-refractivity contribution >= 4 is 21.6 Å². The van der Waals surface area contributed by atoms with Crippen LogP contribution < -0.4 is 14.4 Å². The van der Waals surface area contributed by atoms with Crippen molar-refractivity contribution in [1.29, 1.82) is 0 Å². The number of sulfonamides is 1. The zero-order valence-corrected chi connectivity index (χ0v) is 21.0. The molecule has 0 saturated carbocycles. The molecule has 3 rings (SSSR count). The molecular weight excluding hydrogens is 467 g/mol. The standard InChI is InChI=1S/C27H31FN2O4S/c1-4-34-24-14-16-25(17-15-24)35(32,33)30(23-12-10-22(28)11-13-23)19-27(31)29-26(18-20(2)3)21-8-6-5-7-9-21/h5-17,20,26H,4,18-19H2,1-3H3,(H,29,31). The largest absolute Gasteiger partial charge is 0.494 e. The Balaban J connectivity index is 1.90. The van der Waals surface area contributed by atoms with E-state index in [1.165, 1.54) is 36.4 Å². The number of amides is 1. The van der Waals surface area contributed by atoms with Crippen LogP contribution in [-0.2, 0) is 14.8 Å². The van der Waals surface area contributed by atoms with Crippen LogP contribution in [0.25, 0.3) is 0 Å². The summed E-state index contributed by atoms with van der Waals surface area (Å²) in [6, 6.07) is 20.3. The highest BCUT2D eigenvalue weighted by atomic mass is 32.2. The van der Waals surface area contributed by atoms with Gasteiger partial charge >= 0.3 is 0 Å². The van der Waals surface area contributed by atoms with Crippen LogP contribution >= 0.6 is 0 Å². The minimum atomic E-state index is -4.12. The second kappa shape index (κ2) is 11.8. The molecule has 1 unspecified atom stereocenters. The summed E-state index contributed by atoms with van der Waals surface area (Å²) in [6.07, 6.45) is 0.692. The van der Waals surface area contributed by atoms with E-state index in [-0.39, 0.29) is 16.6 Å². The average Bonchev–Trinajstić information content (AvgIpc) is 2.83. The molecule has 0 saturated heterocycles. The minimum absolute atomic E-state index is 0.000122. The first-order valence-electron chi connectivity index (χ1n) is 11.6. The van der Waals surface area contributed by atoms with E-state index < -0.39 is 28.3 Å². The lowest BCUT2D eigenvalue weighted by atomic mass is 9.97. The zero-order valence-electron chi connectivity index (χ0n) is 20.1. The molecule has 0 aromatic heterocycles. The molecule has 0 radical (unpaired) electrons. The SMILES string of the molecule is CCOc1ccc(S(=O)(=O)N(CC(=O)NC(CC(C)C)c2ccccc2)c2ccc(F)cc2)cc1. The fourth-order valence-electron chi connectivity index (χ4n) is 3.73. The third kappa shape index (κ3) is 7.05. The summed E-state index contributed by atoms with van der Waals surface area (Å²) in [7, 11) is -4.12. The maximum atomic E-state index is 13.6. The number of benzene rings is 3. The van der Waals surface area contributed by atoms with Crippen molar-refractivity contribution < 1.29 is 22.3 Å². The molecule has 0 fully saturated rings. The van der Waals surface area contributed by atoms with Crippen molar-refractivity contribution in [3.8, 4) is 5.75 Å². The topological polar surface area (TPSA) is 75.7 Å². The van der Waals surface area contributed by atoms with Gasteiger partial charge in [-0.25, -0.2) is 12.8 Å². The van der Waals surface area contributed by atoms with E-state index in [4.69, 9.17) is 4.74 Å². The molecule has 8 heteroatoms. The van der Waals surface area contributed by atoms with Crippen LogP contribution in [0.2, 0.25) is 0 Å². The number of nitrogens with zero attached hydrogens (tertiary/aromatic N) is 1. The number of carbonyl (C=O) groups excluding carboxylic acids is 1. The number of hydrogen-bond donors (Lipinski definition) is 1. The molecule has 3 aromatic rings. The van der Waals surface area contributed by atoms with E-state index in [1.807, 2.05) is 37.3 Å². The Morgan fingerprint density at radius 3 is 2.17 bits per heavy atom. The first-order chi connectivity index (χ1) is 16.7. The molecule has 3 aromatic carbocycles. The smallest absolute Gasteiger partial charge is 0.264 e. The molecule has 0 aliphatic rings. The van der Waals surface area contributed by atoms with Gasteiger partial charge in [0.25, 0.3) is 10.0 Å². The van der Waals surface area contributed by atoms with Gasteiger partial charge in [0.1, 0.15) is 18.1 Å². The van der Waals surface area contributed by atoms with Gasteiger partial charge in [-0.05, 0) is 73.4 Å². The van der Waals surface area contributed by atoms with Gasteiger partial charge in [0.05, 0.1) is 23.2 Å². The second-order valence-electron chi connectivity index (χ2n) is 8.55. The van der Waals surface area contributed by atoms with Crippen LogP contribution in [0.4, 0.5) is 10.1 Å². The van der Waals surface area contributed by atoms with Crippen molar-refractivity contribution in [1.82, 2.24) is 5.32 Å². The lowest BCUT2D eigenvalue weighted by Gasteiger charge is -2.26. The summed E-state index contributed by atoms with van der Waals surface area (Å²) in [4.78, 5) is 13.2. The molecule has 0 aliphatic heterocycles. The Kier molecular flexibility index (Phi) is 8.87. The first-order valence-corrected chi connectivity index (χ1v) is 13.0. The third-order valence-corrected chi connectivity index (χ3v) is 7.16. The molecular formula is C27H31FN2O4S. The van der Waals surface area contributed by atoms with Crippen molar-refractivity contribution in [2.24, 2.45) is 5.92 Å². The van der Waals surface area contributed by atoms with Crippen molar-refractivity contribution in [2.45, 2.75) is 38.1 Å². The predicted octanol–water partition coefficient (Wildman–Crippen LogP) is 5.32. The van der Waals surface area contributed by atoms with Gasteiger partial charge in [-0.2, -0.15) is 0 Å². The van der Waals surface area contributed by atoms with Crippen LogP contribution in [0, 0.1) is 11.7 Å². The summed E-state index contributed by atoms with van der Waals surface area (Å²) in [6.45, 7) is 5.95. The maximum absolute atomic E-state index is 13.6. The lowest BCUT2D eigenvalue weighted by Crippen LogP contribution is -2.42. The Morgan fingerprint density at radius 2 is 1.60 bits per heavy atom. The number of hydrogen-bond acceptors (Lipinski definition) is 4. The molecule has 186 valence electrons. The highest BCUT2D eigenvalue weighted by Crippen LogP contribution is 2.26. The van der Waals surface area contributed by atoms with Crippen LogP contribution in [-0.4, -0.2) is 27.5 Å². The second-order valence-corrected chi connectivity index (χ2v) is 10.4. The fraction of sp³-hybridized carbons (Fsp3) is 0.296. The van der Waals surface area contributed by atoms with Crippen LogP contribution in [0.3, 0.4) is 0 Å². The summed E-state index contributed by atoms with van der Waals surface area (Å²) in [5.41, 5.74) is 1.13. The van der Waals surface area contributed by atoms with Crippen LogP contribution in [0.1, 0.15) is 38.8 Å². The summed E-state index contributed by atoms with van der Waals surface area (Å²) in [5, 5.41) is 2.99. The highest BCUT2D eigenvalue weighted by molar-refractivity contribution is 7.92.